The number of nitrogens with zero attached hydrogens (tertiary/aromatic N) is 5. The number of aryl methyl sites for hydroxylation is 3. The summed E-state index contributed by atoms with van der Waals surface area (Å²) in [4.78, 5) is 19.0. The maximum Gasteiger partial charge on any atom is 0.254 e. The Balaban J connectivity index is 1.48. The Morgan fingerprint density at radius 1 is 1.15 bits per heavy atom. The Morgan fingerprint density at radius 3 is 2.69 bits per heavy atom. The minimum atomic E-state index is 0.0808. The minimum Gasteiger partial charge on any atom is -0.333 e. The van der Waals surface area contributed by atoms with Gasteiger partial charge in [-0.3, -0.25) is 9.48 Å². The van der Waals surface area contributed by atoms with E-state index < -0.39 is 0 Å². The molecule has 2 aromatic heterocycles. The van der Waals surface area contributed by atoms with Gasteiger partial charge < -0.3 is 9.47 Å². The zero-order chi connectivity index (χ0) is 18.1. The molecule has 6 nitrogen and oxygen atoms in total. The van der Waals surface area contributed by atoms with E-state index in [-0.39, 0.29) is 5.91 Å². The number of benzene rings is 1. The zero-order valence-electron chi connectivity index (χ0n) is 15.2. The summed E-state index contributed by atoms with van der Waals surface area (Å²) in [5.41, 5.74) is 5.13. The summed E-state index contributed by atoms with van der Waals surface area (Å²) in [7, 11) is 0. The van der Waals surface area contributed by atoms with Crippen LogP contribution in [0.2, 0.25) is 0 Å². The highest BCUT2D eigenvalue weighted by molar-refractivity contribution is 5.94. The molecule has 1 aliphatic heterocycles. The molecule has 0 N–H and O–H groups in total. The molecule has 0 aliphatic carbocycles. The number of imidazole rings is 1. The van der Waals surface area contributed by atoms with E-state index in [0.717, 1.165) is 54.3 Å². The number of hydrogen-bond acceptors (Lipinski definition) is 3. The molecule has 3 aromatic rings. The molecule has 1 amide bonds. The topological polar surface area (TPSA) is 56.0 Å². The van der Waals surface area contributed by atoms with Crippen LogP contribution < -0.4 is 0 Å². The van der Waals surface area contributed by atoms with E-state index in [1.807, 2.05) is 53.3 Å². The fourth-order valence-corrected chi connectivity index (χ4v) is 3.50. The third kappa shape index (κ3) is 3.27. The Morgan fingerprint density at radius 2 is 1.96 bits per heavy atom. The molecule has 6 heteroatoms. The molecule has 3 heterocycles. The fourth-order valence-electron chi connectivity index (χ4n) is 3.50. The molecule has 0 radical (unpaired) electrons. The first-order valence-electron chi connectivity index (χ1n) is 8.98. The number of carbonyl (C=O) groups is 1. The Hall–Kier alpha value is -2.89. The zero-order valence-corrected chi connectivity index (χ0v) is 15.2. The summed E-state index contributed by atoms with van der Waals surface area (Å²) in [6.45, 7) is 7.08. The van der Waals surface area contributed by atoms with Gasteiger partial charge in [-0.1, -0.05) is 12.1 Å². The van der Waals surface area contributed by atoms with Gasteiger partial charge in [0.25, 0.3) is 5.91 Å². The first-order chi connectivity index (χ1) is 12.6. The van der Waals surface area contributed by atoms with E-state index in [1.165, 1.54) is 0 Å². The molecule has 1 aliphatic rings. The predicted octanol–water partition coefficient (Wildman–Crippen LogP) is 2.79. The number of carbonyl (C=O) groups excluding carboxylic acids is 1. The highest BCUT2D eigenvalue weighted by Gasteiger charge is 2.20. The molecule has 0 fully saturated rings. The van der Waals surface area contributed by atoms with Crippen molar-refractivity contribution in [2.75, 3.05) is 6.54 Å². The second kappa shape index (κ2) is 6.78. The van der Waals surface area contributed by atoms with Crippen LogP contribution in [-0.2, 0) is 19.6 Å². The van der Waals surface area contributed by atoms with Crippen LogP contribution in [0.1, 0.15) is 39.4 Å². The summed E-state index contributed by atoms with van der Waals surface area (Å²) >= 11 is 0. The summed E-state index contributed by atoms with van der Waals surface area (Å²) in [5.74, 6) is 0.0808. The van der Waals surface area contributed by atoms with E-state index in [2.05, 4.69) is 27.6 Å². The van der Waals surface area contributed by atoms with Gasteiger partial charge >= 0.3 is 0 Å². The quantitative estimate of drug-likeness (QED) is 0.731. The maximum atomic E-state index is 12.9. The lowest BCUT2D eigenvalue weighted by atomic mass is 10.1. The second-order valence-corrected chi connectivity index (χ2v) is 6.94. The van der Waals surface area contributed by atoms with Crippen LogP contribution in [0.4, 0.5) is 0 Å². The van der Waals surface area contributed by atoms with Gasteiger partial charge in [-0.2, -0.15) is 5.10 Å². The van der Waals surface area contributed by atoms with Crippen LogP contribution in [0.5, 0.6) is 0 Å². The molecule has 0 bridgehead atoms. The van der Waals surface area contributed by atoms with Crippen LogP contribution in [0.15, 0.2) is 42.9 Å². The van der Waals surface area contributed by atoms with Crippen molar-refractivity contribution in [3.63, 3.8) is 0 Å². The lowest BCUT2D eigenvalue weighted by Crippen LogP contribution is -2.30. The van der Waals surface area contributed by atoms with Crippen LogP contribution in [-0.4, -0.2) is 36.7 Å². The largest absolute Gasteiger partial charge is 0.333 e. The molecule has 0 unspecified atom stereocenters. The smallest absolute Gasteiger partial charge is 0.254 e. The van der Waals surface area contributed by atoms with Gasteiger partial charge in [-0.15, -0.1) is 0 Å². The molecule has 1 aromatic carbocycles. The third-order valence-corrected chi connectivity index (χ3v) is 4.90. The number of fused-ring (bicyclic) bond motifs is 1. The summed E-state index contributed by atoms with van der Waals surface area (Å²) < 4.78 is 4.12. The number of amides is 1. The van der Waals surface area contributed by atoms with Crippen molar-refractivity contribution in [3.8, 4) is 0 Å². The lowest BCUT2D eigenvalue weighted by molar-refractivity contribution is 0.0745. The Labute approximate surface area is 153 Å². The van der Waals surface area contributed by atoms with Gasteiger partial charge in [0.15, 0.2) is 0 Å². The summed E-state index contributed by atoms with van der Waals surface area (Å²) in [6.07, 6.45) is 4.64. The molecule has 4 rings (SSSR count). The van der Waals surface area contributed by atoms with Crippen LogP contribution in [0, 0.1) is 13.8 Å². The van der Waals surface area contributed by atoms with E-state index in [1.54, 1.807) is 0 Å². The van der Waals surface area contributed by atoms with Crippen molar-refractivity contribution in [2.45, 2.75) is 39.9 Å². The van der Waals surface area contributed by atoms with Crippen molar-refractivity contribution in [3.05, 3.63) is 71.1 Å². The first-order valence-corrected chi connectivity index (χ1v) is 8.98. The fraction of sp³-hybridized carbons (Fsp3) is 0.350. The highest BCUT2D eigenvalue weighted by atomic mass is 16.2. The monoisotopic (exact) mass is 349 g/mol. The van der Waals surface area contributed by atoms with Crippen molar-refractivity contribution < 1.29 is 4.79 Å². The molecule has 26 heavy (non-hydrogen) atoms. The molecule has 0 saturated carbocycles. The van der Waals surface area contributed by atoms with Gasteiger partial charge in [0.2, 0.25) is 0 Å². The molecule has 0 atom stereocenters. The number of rotatable bonds is 3. The Bertz CT molecular complexity index is 922. The lowest BCUT2D eigenvalue weighted by Gasteiger charge is -2.20. The maximum absolute atomic E-state index is 12.9. The van der Waals surface area contributed by atoms with Crippen molar-refractivity contribution in [2.24, 2.45) is 0 Å². The number of hydrogen-bond donors (Lipinski definition) is 0. The van der Waals surface area contributed by atoms with Crippen LogP contribution in [0.25, 0.3) is 0 Å². The second-order valence-electron chi connectivity index (χ2n) is 6.94. The van der Waals surface area contributed by atoms with Gasteiger partial charge in [0.05, 0.1) is 30.8 Å². The molecule has 0 spiro atoms. The van der Waals surface area contributed by atoms with Crippen LogP contribution >= 0.6 is 0 Å². The van der Waals surface area contributed by atoms with E-state index in [0.29, 0.717) is 6.54 Å². The van der Waals surface area contributed by atoms with Gasteiger partial charge in [-0.25, -0.2) is 4.98 Å². The number of aromatic nitrogens is 4. The van der Waals surface area contributed by atoms with Crippen molar-refractivity contribution in [1.29, 1.82) is 0 Å². The third-order valence-electron chi connectivity index (χ3n) is 4.90. The normalized spacial score (nSPS) is 14.2. The highest BCUT2D eigenvalue weighted by Crippen LogP contribution is 2.16. The average molecular weight is 349 g/mol. The van der Waals surface area contributed by atoms with E-state index in [4.69, 9.17) is 0 Å². The molecular weight excluding hydrogens is 326 g/mol. The molecular formula is C20H23N5O. The standard InChI is InChI=1S/C20H23N5O/c1-15-10-16(2)25(22-15)12-17-4-6-18(7-5-17)20(26)23-8-3-9-24-14-21-11-19(24)13-23/h4-7,10-11,14H,3,8-9,12-13H2,1-2H3. The molecule has 134 valence electrons. The van der Waals surface area contributed by atoms with Gasteiger partial charge in [0.1, 0.15) is 0 Å². The van der Waals surface area contributed by atoms with Gasteiger partial charge in [-0.05, 0) is 44.0 Å². The predicted molar refractivity (Wildman–Crippen MR) is 98.8 cm³/mol. The Kier molecular flexibility index (Phi) is 4.32. The summed E-state index contributed by atoms with van der Waals surface area (Å²) in [6, 6.07) is 9.95. The van der Waals surface area contributed by atoms with Crippen molar-refractivity contribution in [1.82, 2.24) is 24.2 Å². The average Bonchev–Trinajstić information content (AvgIpc) is 3.13. The first kappa shape index (κ1) is 16.6. The van der Waals surface area contributed by atoms with Gasteiger partial charge in [0, 0.05) is 30.5 Å². The van der Waals surface area contributed by atoms with Crippen molar-refractivity contribution >= 4 is 5.91 Å². The van der Waals surface area contributed by atoms with E-state index >= 15 is 0 Å². The minimum absolute atomic E-state index is 0.0808. The molecule has 0 saturated heterocycles. The van der Waals surface area contributed by atoms with E-state index in [9.17, 15) is 4.79 Å². The van der Waals surface area contributed by atoms with Crippen LogP contribution in [0.3, 0.4) is 0 Å². The SMILES string of the molecule is Cc1cc(C)n(Cc2ccc(C(=O)N3CCCn4cncc4C3)cc2)n1. The summed E-state index contributed by atoms with van der Waals surface area (Å²) in [5, 5.41) is 4.50.